The average molecular weight is 216 g/mol. The Bertz CT molecular complexity index is 89.5. The van der Waals surface area contributed by atoms with Crippen LogP contribution in [0.3, 0.4) is 0 Å². The number of alkyl halides is 1. The molecule has 1 heterocycles. The lowest BCUT2D eigenvalue weighted by Crippen LogP contribution is -2.36. The molecule has 0 spiro atoms. The van der Waals surface area contributed by atoms with Crippen LogP contribution in [0.2, 0.25) is 0 Å². The number of rotatable bonds is 3. The van der Waals surface area contributed by atoms with Crippen molar-refractivity contribution in [3.63, 3.8) is 0 Å². The van der Waals surface area contributed by atoms with Gasteiger partial charge in [0.2, 0.25) is 0 Å². The van der Waals surface area contributed by atoms with Crippen molar-refractivity contribution in [3.05, 3.63) is 0 Å². The van der Waals surface area contributed by atoms with Crippen LogP contribution in [0.25, 0.3) is 0 Å². The van der Waals surface area contributed by atoms with Crippen LogP contribution in [-0.4, -0.2) is 48.3 Å². The number of morpholine rings is 1. The van der Waals surface area contributed by atoms with Crippen molar-refractivity contribution in [3.8, 4) is 0 Å². The fourth-order valence-corrected chi connectivity index (χ4v) is 1.23. The molecule has 0 saturated carbocycles. The highest BCUT2D eigenvalue weighted by Crippen LogP contribution is 1.98. The molecule has 1 aliphatic rings. The van der Waals surface area contributed by atoms with Crippen LogP contribution >= 0.6 is 23.5 Å². The molecule has 5 heteroatoms. The van der Waals surface area contributed by atoms with Gasteiger partial charge in [0.05, 0.1) is 25.1 Å². The van der Waals surface area contributed by atoms with Crippen LogP contribution in [-0.2, 0) is 4.74 Å². The van der Waals surface area contributed by atoms with E-state index in [9.17, 15) is 0 Å². The van der Waals surface area contributed by atoms with Gasteiger partial charge in [-0.1, -0.05) is 0 Å². The third kappa shape index (κ3) is 6.03. The smallest absolute Gasteiger partial charge is 0.0594 e. The van der Waals surface area contributed by atoms with Crippen molar-refractivity contribution in [1.82, 2.24) is 4.90 Å². The molecule has 0 bridgehead atoms. The van der Waals surface area contributed by atoms with Gasteiger partial charge in [0.15, 0.2) is 0 Å². The molecule has 1 saturated heterocycles. The zero-order chi connectivity index (χ0) is 9.23. The normalized spacial score (nSPS) is 18.2. The molecule has 0 atom stereocenters. The largest absolute Gasteiger partial charge is 0.379 e. The van der Waals surface area contributed by atoms with Gasteiger partial charge in [0.1, 0.15) is 0 Å². The second-order valence-electron chi connectivity index (χ2n) is 2.50. The van der Waals surface area contributed by atoms with E-state index in [2.05, 4.69) is 16.8 Å². The van der Waals surface area contributed by atoms with Crippen LogP contribution in [0.15, 0.2) is 0 Å². The van der Waals surface area contributed by atoms with Gasteiger partial charge in [-0.05, 0) is 13.0 Å². The number of ether oxygens (including phenoxy) is 1. The number of nitrogens with zero attached hydrogens (tertiary/aromatic N) is 1. The Hall–Kier alpha value is 0.460. The Morgan fingerprint density at radius 1 is 1.25 bits per heavy atom. The van der Waals surface area contributed by atoms with E-state index in [4.69, 9.17) is 21.0 Å². The van der Waals surface area contributed by atoms with Crippen LogP contribution < -0.4 is 0 Å². The maximum atomic E-state index is 6.47. The van der Waals surface area contributed by atoms with E-state index in [0.29, 0.717) is 0 Å². The summed E-state index contributed by atoms with van der Waals surface area (Å²) in [5, 5.41) is 0. The van der Waals surface area contributed by atoms with Crippen molar-refractivity contribution >= 4 is 23.5 Å². The Balaban J connectivity index is 0.000000561. The molecule has 74 valence electrons. The molecule has 1 aliphatic heterocycles. The molecule has 3 nitrogen and oxygen atoms in total. The lowest BCUT2D eigenvalue weighted by molar-refractivity contribution is 0.0381. The van der Waals surface area contributed by atoms with Crippen LogP contribution in [0.5, 0.6) is 0 Å². The third-order valence-corrected chi connectivity index (χ3v) is 1.98. The Morgan fingerprint density at radius 3 is 2.33 bits per heavy atom. The van der Waals surface area contributed by atoms with Gasteiger partial charge in [0.25, 0.3) is 0 Å². The zero-order valence-electron chi connectivity index (χ0n) is 7.01. The molecule has 0 aromatic carbocycles. The maximum absolute atomic E-state index is 6.47. The van der Waals surface area contributed by atoms with E-state index >= 15 is 0 Å². The number of halogens is 2. The topological polar surface area (TPSA) is 32.7 Å². The second-order valence-corrected chi connectivity index (χ2v) is 2.87. The summed E-state index contributed by atoms with van der Waals surface area (Å²) < 4.78 is 11.7. The Labute approximate surface area is 83.4 Å². The SMILES string of the molecule is ClCCCN1CCOCC1.OCl. The zero-order valence-corrected chi connectivity index (χ0v) is 8.52. The minimum absolute atomic E-state index is 0.775. The number of hydrogen-bond donors (Lipinski definition) is 1. The predicted octanol–water partition coefficient (Wildman–Crippen LogP) is 1.08. The van der Waals surface area contributed by atoms with E-state index in [1.807, 2.05) is 0 Å². The molecule has 1 rings (SSSR count). The molecule has 0 unspecified atom stereocenters. The first-order valence-electron chi connectivity index (χ1n) is 3.96. The summed E-state index contributed by atoms with van der Waals surface area (Å²) in [6.07, 6.45) is 1.10. The van der Waals surface area contributed by atoms with Crippen molar-refractivity contribution < 1.29 is 9.40 Å². The lowest BCUT2D eigenvalue weighted by Gasteiger charge is -2.25. The van der Waals surface area contributed by atoms with Crippen LogP contribution in [0, 0.1) is 0 Å². The Kier molecular flexibility index (Phi) is 9.91. The van der Waals surface area contributed by atoms with E-state index in [-0.39, 0.29) is 0 Å². The van der Waals surface area contributed by atoms with E-state index < -0.39 is 0 Å². The molecule has 0 aromatic rings. The second kappa shape index (κ2) is 9.55. The summed E-state index contributed by atoms with van der Waals surface area (Å²) in [5.74, 6) is 0.775. The minimum Gasteiger partial charge on any atom is -0.379 e. The first-order chi connectivity index (χ1) is 5.93. The Morgan fingerprint density at radius 2 is 1.83 bits per heavy atom. The highest BCUT2D eigenvalue weighted by Gasteiger charge is 2.08. The average Bonchev–Trinajstić information content (AvgIpc) is 2.19. The molecular weight excluding hydrogens is 201 g/mol. The fourth-order valence-electron chi connectivity index (χ4n) is 1.11. The fraction of sp³-hybridized carbons (Fsp3) is 1.00. The van der Waals surface area contributed by atoms with Crippen molar-refractivity contribution in [2.24, 2.45) is 0 Å². The third-order valence-electron chi connectivity index (χ3n) is 1.71. The highest BCUT2D eigenvalue weighted by atomic mass is 35.5. The van der Waals surface area contributed by atoms with Crippen LogP contribution in [0.1, 0.15) is 6.42 Å². The summed E-state index contributed by atoms with van der Waals surface area (Å²) in [7, 11) is 0. The maximum Gasteiger partial charge on any atom is 0.0594 e. The predicted molar refractivity (Wildman–Crippen MR) is 50.7 cm³/mol. The lowest BCUT2D eigenvalue weighted by atomic mass is 10.4. The summed E-state index contributed by atoms with van der Waals surface area (Å²) >= 11 is 9.20. The molecule has 1 fully saturated rings. The van der Waals surface area contributed by atoms with Gasteiger partial charge in [0, 0.05) is 19.0 Å². The summed E-state index contributed by atoms with van der Waals surface area (Å²) in [5.41, 5.74) is 0. The number of hydrogen-bond acceptors (Lipinski definition) is 3. The van der Waals surface area contributed by atoms with Gasteiger partial charge < -0.3 is 4.74 Å². The summed E-state index contributed by atoms with van der Waals surface area (Å²) in [6.45, 7) is 5.07. The van der Waals surface area contributed by atoms with Crippen molar-refractivity contribution in [1.29, 1.82) is 0 Å². The first kappa shape index (κ1) is 12.5. The molecule has 1 N–H and O–H groups in total. The van der Waals surface area contributed by atoms with Gasteiger partial charge in [-0.3, -0.25) is 9.56 Å². The summed E-state index contributed by atoms with van der Waals surface area (Å²) in [4.78, 5) is 2.39. The van der Waals surface area contributed by atoms with Gasteiger partial charge in [-0.15, -0.1) is 11.6 Å². The molecule has 0 amide bonds. The first-order valence-corrected chi connectivity index (χ1v) is 4.83. The van der Waals surface area contributed by atoms with Crippen molar-refractivity contribution in [2.75, 3.05) is 38.7 Å². The van der Waals surface area contributed by atoms with Gasteiger partial charge >= 0.3 is 0 Å². The van der Waals surface area contributed by atoms with Gasteiger partial charge in [-0.25, -0.2) is 0 Å². The van der Waals surface area contributed by atoms with E-state index in [1.54, 1.807) is 0 Å². The highest BCUT2D eigenvalue weighted by molar-refractivity contribution is 6.17. The van der Waals surface area contributed by atoms with Gasteiger partial charge in [-0.2, -0.15) is 0 Å². The molecule has 0 radical (unpaired) electrons. The van der Waals surface area contributed by atoms with E-state index in [0.717, 1.165) is 45.1 Å². The molecular formula is C7H15Cl2NO2. The monoisotopic (exact) mass is 215 g/mol. The quantitative estimate of drug-likeness (QED) is 0.716. The molecule has 0 aromatic heterocycles. The molecule has 0 aliphatic carbocycles. The minimum atomic E-state index is 0.775. The van der Waals surface area contributed by atoms with Crippen LogP contribution in [0.4, 0.5) is 0 Å². The summed E-state index contributed by atoms with van der Waals surface area (Å²) in [6, 6.07) is 0. The molecule has 12 heavy (non-hydrogen) atoms. The van der Waals surface area contributed by atoms with Crippen molar-refractivity contribution in [2.45, 2.75) is 6.42 Å². The van der Waals surface area contributed by atoms with E-state index in [1.165, 1.54) is 0 Å². The standard InChI is InChI=1S/C7H14ClNO.ClHO/c8-2-1-3-9-4-6-10-7-5-9;1-2/h1-7H2;2H.